The van der Waals surface area contributed by atoms with Gasteiger partial charge in [0.1, 0.15) is 5.76 Å². The first-order valence-electron chi connectivity index (χ1n) is 6.80. The highest BCUT2D eigenvalue weighted by Gasteiger charge is 2.20. The van der Waals surface area contributed by atoms with Crippen molar-refractivity contribution >= 4 is 11.3 Å². The molecule has 2 heterocycles. The van der Waals surface area contributed by atoms with Gasteiger partial charge in [0.05, 0.1) is 12.8 Å². The number of hydrogen-bond acceptors (Lipinski definition) is 4. The topological polar surface area (TPSA) is 28.4 Å². The van der Waals surface area contributed by atoms with Crippen molar-refractivity contribution in [3.05, 3.63) is 46.0 Å². The Hall–Kier alpha value is -1.10. The first-order valence-corrected chi connectivity index (χ1v) is 7.68. The quantitative estimate of drug-likeness (QED) is 0.841. The predicted molar refractivity (Wildman–Crippen MR) is 78.1 cm³/mol. The van der Waals surface area contributed by atoms with Crippen molar-refractivity contribution in [1.82, 2.24) is 10.2 Å². The number of nitrogens with one attached hydrogen (secondary N) is 1. The average Bonchev–Trinajstić information content (AvgIpc) is 2.88. The maximum absolute atomic E-state index is 5.63. The zero-order valence-electron chi connectivity index (χ0n) is 11.3. The summed E-state index contributed by atoms with van der Waals surface area (Å²) in [6.07, 6.45) is 4.53. The molecule has 1 aliphatic rings. The summed E-state index contributed by atoms with van der Waals surface area (Å²) < 4.78 is 5.63. The Labute approximate surface area is 118 Å². The van der Waals surface area contributed by atoms with Gasteiger partial charge < -0.3 is 9.73 Å². The van der Waals surface area contributed by atoms with E-state index in [9.17, 15) is 0 Å². The predicted octanol–water partition coefficient (Wildman–Crippen LogP) is 3.23. The molecule has 19 heavy (non-hydrogen) atoms. The fourth-order valence-electron chi connectivity index (χ4n) is 2.14. The molecule has 0 aromatic carbocycles. The Morgan fingerprint density at radius 1 is 1.42 bits per heavy atom. The van der Waals surface area contributed by atoms with Gasteiger partial charge in [0.25, 0.3) is 0 Å². The number of hydrogen-bond donors (Lipinski definition) is 1. The molecule has 0 unspecified atom stereocenters. The van der Waals surface area contributed by atoms with Gasteiger partial charge >= 0.3 is 0 Å². The van der Waals surface area contributed by atoms with E-state index in [1.54, 1.807) is 11.3 Å². The van der Waals surface area contributed by atoms with Crippen LogP contribution in [-0.4, -0.2) is 18.0 Å². The van der Waals surface area contributed by atoms with Crippen LogP contribution in [0.4, 0.5) is 0 Å². The molecule has 0 atom stereocenters. The Morgan fingerprint density at radius 3 is 3.05 bits per heavy atom. The molecular formula is C15H20N2OS. The molecule has 2 aromatic heterocycles. The van der Waals surface area contributed by atoms with Gasteiger partial charge in [0, 0.05) is 29.6 Å². The molecule has 0 amide bonds. The lowest BCUT2D eigenvalue weighted by molar-refractivity contribution is 0.290. The highest BCUT2D eigenvalue weighted by molar-refractivity contribution is 7.09. The summed E-state index contributed by atoms with van der Waals surface area (Å²) in [5, 5.41) is 5.63. The summed E-state index contributed by atoms with van der Waals surface area (Å²) in [6.45, 7) is 2.78. The average molecular weight is 276 g/mol. The second kappa shape index (κ2) is 5.90. The summed E-state index contributed by atoms with van der Waals surface area (Å²) >= 11 is 1.80. The largest absolute Gasteiger partial charge is 0.468 e. The summed E-state index contributed by atoms with van der Waals surface area (Å²) in [4.78, 5) is 3.67. The van der Waals surface area contributed by atoms with Crippen LogP contribution in [0, 0.1) is 0 Å². The van der Waals surface area contributed by atoms with E-state index in [4.69, 9.17) is 4.42 Å². The number of thiophene rings is 1. The molecule has 0 bridgehead atoms. The lowest BCUT2D eigenvalue weighted by atomic mass is 10.3. The minimum Gasteiger partial charge on any atom is -0.468 e. The van der Waals surface area contributed by atoms with Crippen molar-refractivity contribution in [2.24, 2.45) is 0 Å². The van der Waals surface area contributed by atoms with Crippen LogP contribution in [0.3, 0.4) is 0 Å². The maximum Gasteiger partial charge on any atom is 0.118 e. The third kappa shape index (κ3) is 3.93. The van der Waals surface area contributed by atoms with Crippen LogP contribution in [0.2, 0.25) is 0 Å². The first kappa shape index (κ1) is 12.9. The zero-order chi connectivity index (χ0) is 13.1. The van der Waals surface area contributed by atoms with Crippen molar-refractivity contribution in [2.75, 3.05) is 7.05 Å². The highest BCUT2D eigenvalue weighted by atomic mass is 32.1. The van der Waals surface area contributed by atoms with Crippen LogP contribution in [0.15, 0.2) is 34.3 Å². The lowest BCUT2D eigenvalue weighted by Gasteiger charge is -2.13. The first-order chi connectivity index (χ1) is 9.29. The van der Waals surface area contributed by atoms with Gasteiger partial charge in [0.2, 0.25) is 0 Å². The Bertz CT molecular complexity index is 502. The molecule has 3 rings (SSSR count). The molecule has 102 valence electrons. The minimum absolute atomic E-state index is 0.750. The molecular weight excluding hydrogens is 256 g/mol. The molecule has 1 fully saturated rings. The third-order valence-electron chi connectivity index (χ3n) is 3.31. The molecule has 1 saturated carbocycles. The summed E-state index contributed by atoms with van der Waals surface area (Å²) in [5.74, 6) is 1.05. The molecule has 0 saturated heterocycles. The van der Waals surface area contributed by atoms with E-state index < -0.39 is 0 Å². The third-order valence-corrected chi connectivity index (χ3v) is 4.17. The molecule has 1 aliphatic carbocycles. The second-order valence-corrected chi connectivity index (χ2v) is 6.36. The van der Waals surface area contributed by atoms with E-state index in [2.05, 4.69) is 40.8 Å². The number of furan rings is 1. The normalized spacial score (nSPS) is 15.3. The van der Waals surface area contributed by atoms with E-state index >= 15 is 0 Å². The van der Waals surface area contributed by atoms with E-state index in [1.807, 2.05) is 6.26 Å². The minimum atomic E-state index is 0.750. The molecule has 0 aliphatic heterocycles. The van der Waals surface area contributed by atoms with Gasteiger partial charge in [-0.3, -0.25) is 4.90 Å². The van der Waals surface area contributed by atoms with Gasteiger partial charge in [-0.05, 0) is 37.4 Å². The van der Waals surface area contributed by atoms with E-state index in [0.717, 1.165) is 31.4 Å². The maximum atomic E-state index is 5.63. The van der Waals surface area contributed by atoms with Crippen molar-refractivity contribution < 1.29 is 4.42 Å². The number of nitrogens with zero attached hydrogens (tertiary/aromatic N) is 1. The Morgan fingerprint density at radius 2 is 2.32 bits per heavy atom. The Kier molecular flexibility index (Phi) is 4.01. The van der Waals surface area contributed by atoms with Crippen LogP contribution in [0.5, 0.6) is 0 Å². The van der Waals surface area contributed by atoms with Gasteiger partial charge in [-0.15, -0.1) is 11.3 Å². The number of rotatable bonds is 7. The highest BCUT2D eigenvalue weighted by Crippen LogP contribution is 2.20. The van der Waals surface area contributed by atoms with Gasteiger partial charge in [-0.1, -0.05) is 6.07 Å². The smallest absolute Gasteiger partial charge is 0.118 e. The standard InChI is InChI=1S/C15H20N2OS/c1-17(10-15-3-2-6-19-15)9-14-7-12(11-18-14)8-16-13-4-5-13/h2-3,6-7,11,13,16H,4-5,8-10H2,1H3. The van der Waals surface area contributed by atoms with Crippen LogP contribution in [0.1, 0.15) is 29.0 Å². The Balaban J connectivity index is 1.48. The van der Waals surface area contributed by atoms with E-state index in [-0.39, 0.29) is 0 Å². The molecule has 0 radical (unpaired) electrons. The molecule has 2 aromatic rings. The summed E-state index contributed by atoms with van der Waals surface area (Å²) in [5.41, 5.74) is 1.26. The molecule has 4 heteroatoms. The van der Waals surface area contributed by atoms with Crippen molar-refractivity contribution in [3.63, 3.8) is 0 Å². The molecule has 0 spiro atoms. The summed E-state index contributed by atoms with van der Waals surface area (Å²) in [7, 11) is 2.13. The molecule has 1 N–H and O–H groups in total. The van der Waals surface area contributed by atoms with Gasteiger partial charge in [-0.2, -0.15) is 0 Å². The van der Waals surface area contributed by atoms with Crippen molar-refractivity contribution in [3.8, 4) is 0 Å². The molecule has 3 nitrogen and oxygen atoms in total. The van der Waals surface area contributed by atoms with Crippen LogP contribution in [-0.2, 0) is 19.6 Å². The SMILES string of the molecule is CN(Cc1cc(CNC2CC2)co1)Cc1cccs1. The van der Waals surface area contributed by atoms with Crippen molar-refractivity contribution in [2.45, 2.75) is 38.5 Å². The van der Waals surface area contributed by atoms with Crippen molar-refractivity contribution in [1.29, 1.82) is 0 Å². The fraction of sp³-hybridized carbons (Fsp3) is 0.467. The van der Waals surface area contributed by atoms with Gasteiger partial charge in [-0.25, -0.2) is 0 Å². The van der Waals surface area contributed by atoms with E-state index in [0.29, 0.717) is 0 Å². The fourth-order valence-corrected chi connectivity index (χ4v) is 2.93. The van der Waals surface area contributed by atoms with E-state index in [1.165, 1.54) is 23.3 Å². The summed E-state index contributed by atoms with van der Waals surface area (Å²) in [6, 6.07) is 7.19. The van der Waals surface area contributed by atoms with Crippen LogP contribution >= 0.6 is 11.3 Å². The van der Waals surface area contributed by atoms with Gasteiger partial charge in [0.15, 0.2) is 0 Å². The van der Waals surface area contributed by atoms with Crippen LogP contribution in [0.25, 0.3) is 0 Å². The monoisotopic (exact) mass is 276 g/mol. The van der Waals surface area contributed by atoms with Crippen LogP contribution < -0.4 is 5.32 Å². The zero-order valence-corrected chi connectivity index (χ0v) is 12.1. The second-order valence-electron chi connectivity index (χ2n) is 5.33. The lowest BCUT2D eigenvalue weighted by Crippen LogP contribution is -2.16.